The Labute approximate surface area is 215 Å². The molecule has 3 rings (SSSR count). The number of H-pyrrole nitrogens is 1. The molecule has 0 spiro atoms. The quantitative estimate of drug-likeness (QED) is 0.301. The zero-order valence-corrected chi connectivity index (χ0v) is 22.1. The molecule has 2 amide bonds. The Morgan fingerprint density at radius 3 is 2.70 bits per heavy atom. The number of fused-ring (bicyclic) bond motifs is 1. The minimum absolute atomic E-state index is 0.103. The van der Waals surface area contributed by atoms with Gasteiger partial charge in [-0.3, -0.25) is 19.4 Å². The summed E-state index contributed by atoms with van der Waals surface area (Å²) in [7, 11) is 3.34. The van der Waals surface area contributed by atoms with Gasteiger partial charge in [0.25, 0.3) is 5.56 Å². The Bertz CT molecular complexity index is 1360. The van der Waals surface area contributed by atoms with Crippen molar-refractivity contribution in [2.75, 3.05) is 19.4 Å². The van der Waals surface area contributed by atoms with Gasteiger partial charge in [-0.2, -0.15) is 0 Å². The van der Waals surface area contributed by atoms with Crippen LogP contribution in [-0.4, -0.2) is 50.3 Å². The molecule has 0 saturated carbocycles. The molecule has 3 aromatic heterocycles. The number of carbonyl (C=O) groups excluding carboxylic acids is 2. The zero-order chi connectivity index (χ0) is 27.1. The second-order valence-corrected chi connectivity index (χ2v) is 9.62. The second kappa shape index (κ2) is 12.4. The minimum atomic E-state index is -0.519. The molecular weight excluding hydrogens is 475 g/mol. The van der Waals surface area contributed by atoms with E-state index in [0.717, 1.165) is 11.4 Å². The second-order valence-electron chi connectivity index (χ2n) is 9.62. The first-order valence-electron chi connectivity index (χ1n) is 12.5. The molecule has 2 N–H and O–H groups in total. The van der Waals surface area contributed by atoms with Gasteiger partial charge in [0.05, 0.1) is 24.0 Å². The molecule has 37 heavy (non-hydrogen) atoms. The average Bonchev–Trinajstić information content (AvgIpc) is 3.28. The van der Waals surface area contributed by atoms with Gasteiger partial charge in [0.15, 0.2) is 5.82 Å². The van der Waals surface area contributed by atoms with Crippen LogP contribution < -0.4 is 10.9 Å². The number of rotatable bonds is 11. The van der Waals surface area contributed by atoms with Gasteiger partial charge in [-0.1, -0.05) is 26.8 Å². The van der Waals surface area contributed by atoms with E-state index in [1.54, 1.807) is 32.3 Å². The smallest absolute Gasteiger partial charge is 0.274 e. The lowest BCUT2D eigenvalue weighted by atomic mass is 10.1. The Kier molecular flexibility index (Phi) is 9.32. The first-order valence-corrected chi connectivity index (χ1v) is 12.5. The zero-order valence-electron chi connectivity index (χ0n) is 22.1. The lowest BCUT2D eigenvalue weighted by Crippen LogP contribution is -2.28. The number of imidazole rings is 1. The Hall–Kier alpha value is -3.82. The summed E-state index contributed by atoms with van der Waals surface area (Å²) >= 11 is 0. The molecule has 0 radical (unpaired) electrons. The fraction of sp³-hybridized carbons (Fsp3) is 0.444. The number of amides is 2. The predicted octanol–water partition coefficient (Wildman–Crippen LogP) is 3.82. The first-order chi connectivity index (χ1) is 17.6. The normalized spacial score (nSPS) is 11.5. The van der Waals surface area contributed by atoms with Crippen LogP contribution in [0.25, 0.3) is 11.0 Å². The summed E-state index contributed by atoms with van der Waals surface area (Å²) in [6.45, 7) is 6.15. The minimum Gasteiger partial charge on any atom is -0.345 e. The number of hydrogen-bond donors (Lipinski definition) is 2. The van der Waals surface area contributed by atoms with Crippen molar-refractivity contribution in [2.24, 2.45) is 5.92 Å². The number of halogens is 1. The highest BCUT2D eigenvalue weighted by Crippen LogP contribution is 2.21. The van der Waals surface area contributed by atoms with Crippen LogP contribution in [0.1, 0.15) is 57.2 Å². The van der Waals surface area contributed by atoms with Gasteiger partial charge in [-0.05, 0) is 49.8 Å². The molecule has 0 aromatic carbocycles. The van der Waals surface area contributed by atoms with Crippen LogP contribution in [0.3, 0.4) is 0 Å². The van der Waals surface area contributed by atoms with Crippen molar-refractivity contribution in [3.8, 4) is 0 Å². The molecule has 0 atom stereocenters. The van der Waals surface area contributed by atoms with Gasteiger partial charge in [-0.25, -0.2) is 9.37 Å². The fourth-order valence-electron chi connectivity index (χ4n) is 3.95. The summed E-state index contributed by atoms with van der Waals surface area (Å²) < 4.78 is 16.0. The van der Waals surface area contributed by atoms with Crippen molar-refractivity contribution < 1.29 is 14.0 Å². The molecule has 0 fully saturated rings. The number of pyridine rings is 2. The fourth-order valence-corrected chi connectivity index (χ4v) is 3.95. The van der Waals surface area contributed by atoms with E-state index in [-0.39, 0.29) is 41.5 Å². The summed E-state index contributed by atoms with van der Waals surface area (Å²) in [5, 5.41) is 2.70. The summed E-state index contributed by atoms with van der Waals surface area (Å²) in [4.78, 5) is 50.5. The van der Waals surface area contributed by atoms with E-state index in [4.69, 9.17) is 0 Å². The lowest BCUT2D eigenvalue weighted by Gasteiger charge is -2.13. The van der Waals surface area contributed by atoms with Gasteiger partial charge in [0, 0.05) is 26.2 Å². The van der Waals surface area contributed by atoms with Crippen LogP contribution in [0.15, 0.2) is 35.3 Å². The van der Waals surface area contributed by atoms with Gasteiger partial charge in [0.2, 0.25) is 11.8 Å². The number of aromatic nitrogens is 4. The number of allylic oxidation sites excluding steroid dienone is 1. The molecular formula is C27H35FN6O3. The monoisotopic (exact) mass is 510 g/mol. The third-order valence-electron chi connectivity index (χ3n) is 5.89. The van der Waals surface area contributed by atoms with Gasteiger partial charge in [0.1, 0.15) is 17.0 Å². The Balaban J connectivity index is 1.76. The molecule has 10 heteroatoms. The molecule has 3 aromatic rings. The average molecular weight is 511 g/mol. The lowest BCUT2D eigenvalue weighted by molar-refractivity contribution is -0.123. The first kappa shape index (κ1) is 27.8. The number of hydrogen-bond acceptors (Lipinski definition) is 5. The molecule has 9 nitrogen and oxygen atoms in total. The van der Waals surface area contributed by atoms with Crippen LogP contribution in [-0.2, 0) is 29.0 Å². The van der Waals surface area contributed by atoms with Crippen molar-refractivity contribution >= 4 is 28.5 Å². The van der Waals surface area contributed by atoms with E-state index in [1.807, 2.05) is 6.92 Å². The third-order valence-corrected chi connectivity index (χ3v) is 5.89. The summed E-state index contributed by atoms with van der Waals surface area (Å²) in [5.74, 6) is -0.142. The maximum absolute atomic E-state index is 14.4. The number of aromatic amines is 1. The maximum atomic E-state index is 14.4. The van der Waals surface area contributed by atoms with Crippen molar-refractivity contribution in [1.82, 2.24) is 24.4 Å². The molecule has 0 aliphatic heterocycles. The van der Waals surface area contributed by atoms with Gasteiger partial charge in [-0.15, -0.1) is 0 Å². The van der Waals surface area contributed by atoms with Crippen molar-refractivity contribution in [2.45, 2.75) is 59.4 Å². The third kappa shape index (κ3) is 7.12. The molecule has 0 aliphatic carbocycles. The highest BCUT2D eigenvalue weighted by Gasteiger charge is 2.17. The molecule has 0 unspecified atom stereocenters. The van der Waals surface area contributed by atoms with Gasteiger partial charge < -0.3 is 19.8 Å². The van der Waals surface area contributed by atoms with Crippen LogP contribution in [0.5, 0.6) is 0 Å². The van der Waals surface area contributed by atoms with Gasteiger partial charge >= 0.3 is 0 Å². The van der Waals surface area contributed by atoms with Crippen LogP contribution >= 0.6 is 0 Å². The summed E-state index contributed by atoms with van der Waals surface area (Å²) in [6.07, 6.45) is 6.98. The van der Waals surface area contributed by atoms with Crippen LogP contribution in [0.4, 0.5) is 10.1 Å². The number of nitrogens with one attached hydrogen (secondary N) is 2. The number of nitrogens with zero attached hydrogens (tertiary/aromatic N) is 4. The van der Waals surface area contributed by atoms with E-state index in [2.05, 4.69) is 34.1 Å². The molecule has 0 aliphatic rings. The number of carbonyl (C=O) groups is 2. The Morgan fingerprint density at radius 1 is 1.27 bits per heavy atom. The van der Waals surface area contributed by atoms with Crippen LogP contribution in [0.2, 0.25) is 0 Å². The predicted molar refractivity (Wildman–Crippen MR) is 142 cm³/mol. The number of likely N-dealkylation sites (N-methyl/N-ethyl adjacent to an activating group) is 1. The molecule has 3 heterocycles. The molecule has 0 saturated heterocycles. The summed E-state index contributed by atoms with van der Waals surface area (Å²) in [5.41, 5.74) is 2.06. The van der Waals surface area contributed by atoms with Crippen LogP contribution in [0, 0.1) is 11.7 Å². The van der Waals surface area contributed by atoms with Crippen molar-refractivity contribution in [3.05, 3.63) is 63.9 Å². The van der Waals surface area contributed by atoms with E-state index in [1.165, 1.54) is 21.7 Å². The number of anilines is 1. The topological polar surface area (TPSA) is 113 Å². The Morgan fingerprint density at radius 2 is 2.03 bits per heavy atom. The SMILES string of the molecule is CCc1ccc(NC(=O)CCC/C=C/C(=O)N(C)C)c(=O)n1Cc1nc2c(F)cnc(CC(C)C)c2[nH]1. The standard InChI is InChI=1S/C27H35FN6O3/c1-6-18-12-13-20(30-23(35)10-8-7-9-11-24(36)33(4)5)27(37)34(18)16-22-31-25-19(28)15-29-21(14-17(2)3)26(25)32-22/h9,11-13,15,17H,6-8,10,14,16H2,1-5H3,(H,30,35)(H,31,32)/b11-9+. The highest BCUT2D eigenvalue weighted by atomic mass is 19.1. The highest BCUT2D eigenvalue weighted by molar-refractivity contribution is 5.90. The number of aryl methyl sites for hydroxylation is 1. The van der Waals surface area contributed by atoms with Crippen molar-refractivity contribution in [1.29, 1.82) is 0 Å². The van der Waals surface area contributed by atoms with E-state index in [9.17, 15) is 18.8 Å². The number of unbranched alkanes of at least 4 members (excludes halogenated alkanes) is 1. The van der Waals surface area contributed by atoms with E-state index < -0.39 is 5.82 Å². The summed E-state index contributed by atoms with van der Waals surface area (Å²) in [6, 6.07) is 3.40. The largest absolute Gasteiger partial charge is 0.345 e. The molecule has 0 bridgehead atoms. The van der Waals surface area contributed by atoms with E-state index in [0.29, 0.717) is 42.9 Å². The van der Waals surface area contributed by atoms with Crippen molar-refractivity contribution in [3.63, 3.8) is 0 Å². The maximum Gasteiger partial charge on any atom is 0.274 e. The molecule has 198 valence electrons. The van der Waals surface area contributed by atoms with E-state index >= 15 is 0 Å².